The van der Waals surface area contributed by atoms with E-state index in [0.717, 1.165) is 19.4 Å². The predicted molar refractivity (Wildman–Crippen MR) is 82.4 cm³/mol. The third-order valence-corrected chi connectivity index (χ3v) is 3.69. The molecule has 0 aliphatic rings. The number of hydrogen-bond donors (Lipinski definition) is 1. The molecule has 0 heterocycles. The number of benzene rings is 2. The zero-order valence-electron chi connectivity index (χ0n) is 11.7. The summed E-state index contributed by atoms with van der Waals surface area (Å²) in [7, 11) is 0. The summed E-state index contributed by atoms with van der Waals surface area (Å²) in [4.78, 5) is 0. The van der Waals surface area contributed by atoms with Crippen molar-refractivity contribution in [1.29, 1.82) is 0 Å². The van der Waals surface area contributed by atoms with E-state index in [4.69, 9.17) is 5.73 Å². The van der Waals surface area contributed by atoms with E-state index in [1.165, 1.54) is 23.1 Å². The third-order valence-electron chi connectivity index (χ3n) is 3.69. The standard InChI is InChI=1S/C18H23N/c1-15-10-12-17(13-11-15)18(14-19)9-5-8-16-6-3-2-4-7-16/h2-4,6-7,10-13,18H,5,8-9,14,19H2,1H3. The number of rotatable bonds is 6. The molecular formula is C18H23N. The maximum Gasteiger partial charge on any atom is -0.000824 e. The molecule has 0 bridgehead atoms. The highest BCUT2D eigenvalue weighted by atomic mass is 14.5. The molecule has 2 aromatic carbocycles. The van der Waals surface area contributed by atoms with E-state index in [1.54, 1.807) is 0 Å². The third kappa shape index (κ3) is 4.22. The average molecular weight is 253 g/mol. The minimum atomic E-state index is 0.490. The molecule has 1 heteroatoms. The van der Waals surface area contributed by atoms with Gasteiger partial charge in [-0.3, -0.25) is 0 Å². The van der Waals surface area contributed by atoms with Crippen LogP contribution >= 0.6 is 0 Å². The summed E-state index contributed by atoms with van der Waals surface area (Å²) in [6, 6.07) is 19.5. The highest BCUT2D eigenvalue weighted by molar-refractivity contribution is 5.25. The second-order valence-electron chi connectivity index (χ2n) is 5.22. The van der Waals surface area contributed by atoms with Gasteiger partial charge in [0.15, 0.2) is 0 Å². The molecule has 0 saturated carbocycles. The largest absolute Gasteiger partial charge is 0.330 e. The van der Waals surface area contributed by atoms with E-state index in [2.05, 4.69) is 61.5 Å². The second kappa shape index (κ2) is 7.10. The Balaban J connectivity index is 1.87. The van der Waals surface area contributed by atoms with Gasteiger partial charge >= 0.3 is 0 Å². The maximum absolute atomic E-state index is 5.92. The first-order valence-corrected chi connectivity index (χ1v) is 7.10. The first kappa shape index (κ1) is 13.8. The summed E-state index contributed by atoms with van der Waals surface area (Å²) in [6.07, 6.45) is 3.50. The van der Waals surface area contributed by atoms with Gasteiger partial charge in [-0.25, -0.2) is 0 Å². The lowest BCUT2D eigenvalue weighted by Crippen LogP contribution is -2.12. The van der Waals surface area contributed by atoms with Crippen molar-refractivity contribution in [3.05, 3.63) is 71.3 Å². The Morgan fingerprint density at radius 2 is 1.63 bits per heavy atom. The highest BCUT2D eigenvalue weighted by Crippen LogP contribution is 2.21. The monoisotopic (exact) mass is 253 g/mol. The van der Waals surface area contributed by atoms with E-state index in [1.807, 2.05) is 0 Å². The van der Waals surface area contributed by atoms with Crippen molar-refractivity contribution in [3.63, 3.8) is 0 Å². The highest BCUT2D eigenvalue weighted by Gasteiger charge is 2.09. The van der Waals surface area contributed by atoms with Gasteiger partial charge in [-0.05, 0) is 49.8 Å². The van der Waals surface area contributed by atoms with Gasteiger partial charge in [-0.2, -0.15) is 0 Å². The molecule has 2 N–H and O–H groups in total. The van der Waals surface area contributed by atoms with Crippen molar-refractivity contribution in [3.8, 4) is 0 Å². The summed E-state index contributed by atoms with van der Waals surface area (Å²) >= 11 is 0. The van der Waals surface area contributed by atoms with Gasteiger partial charge in [0, 0.05) is 0 Å². The predicted octanol–water partition coefficient (Wildman–Crippen LogP) is 4.06. The molecule has 100 valence electrons. The smallest absolute Gasteiger partial charge is 0.000824 e. The van der Waals surface area contributed by atoms with Crippen molar-refractivity contribution < 1.29 is 0 Å². The molecule has 19 heavy (non-hydrogen) atoms. The summed E-state index contributed by atoms with van der Waals surface area (Å²) in [5, 5.41) is 0. The lowest BCUT2D eigenvalue weighted by molar-refractivity contribution is 0.599. The molecule has 2 aromatic rings. The molecule has 0 radical (unpaired) electrons. The van der Waals surface area contributed by atoms with Crippen LogP contribution in [0.5, 0.6) is 0 Å². The molecule has 0 spiro atoms. The Kier molecular flexibility index (Phi) is 5.17. The van der Waals surface area contributed by atoms with Crippen molar-refractivity contribution in [2.24, 2.45) is 5.73 Å². The summed E-state index contributed by atoms with van der Waals surface area (Å²) in [6.45, 7) is 2.86. The minimum Gasteiger partial charge on any atom is -0.330 e. The van der Waals surface area contributed by atoms with Gasteiger partial charge in [0.2, 0.25) is 0 Å². The van der Waals surface area contributed by atoms with Crippen molar-refractivity contribution in [2.75, 3.05) is 6.54 Å². The molecule has 0 amide bonds. The summed E-state index contributed by atoms with van der Waals surface area (Å²) in [5.74, 6) is 0.490. The maximum atomic E-state index is 5.92. The van der Waals surface area contributed by atoms with Crippen molar-refractivity contribution in [2.45, 2.75) is 32.1 Å². The van der Waals surface area contributed by atoms with Crippen LogP contribution in [0.15, 0.2) is 54.6 Å². The minimum absolute atomic E-state index is 0.490. The summed E-state index contributed by atoms with van der Waals surface area (Å²) < 4.78 is 0. The summed E-state index contributed by atoms with van der Waals surface area (Å²) in [5.41, 5.74) is 10.0. The fourth-order valence-electron chi connectivity index (χ4n) is 2.46. The lowest BCUT2D eigenvalue weighted by Gasteiger charge is -2.15. The van der Waals surface area contributed by atoms with E-state index < -0.39 is 0 Å². The fraction of sp³-hybridized carbons (Fsp3) is 0.333. The van der Waals surface area contributed by atoms with Gasteiger partial charge in [0.25, 0.3) is 0 Å². The molecule has 0 aliphatic heterocycles. The van der Waals surface area contributed by atoms with Gasteiger partial charge in [-0.15, -0.1) is 0 Å². The molecule has 1 unspecified atom stereocenters. The van der Waals surface area contributed by atoms with Crippen LogP contribution in [0.1, 0.15) is 35.4 Å². The van der Waals surface area contributed by atoms with Gasteiger partial charge in [-0.1, -0.05) is 60.2 Å². The number of aryl methyl sites for hydroxylation is 2. The Labute approximate surface area is 116 Å². The normalized spacial score (nSPS) is 12.3. The van der Waals surface area contributed by atoms with Crippen molar-refractivity contribution in [1.82, 2.24) is 0 Å². The molecule has 2 rings (SSSR count). The van der Waals surface area contributed by atoms with Crippen LogP contribution < -0.4 is 5.73 Å². The van der Waals surface area contributed by atoms with E-state index in [-0.39, 0.29) is 0 Å². The molecule has 1 nitrogen and oxygen atoms in total. The molecule has 1 atom stereocenters. The van der Waals surface area contributed by atoms with E-state index in [9.17, 15) is 0 Å². The van der Waals surface area contributed by atoms with Crippen LogP contribution in [0.3, 0.4) is 0 Å². The van der Waals surface area contributed by atoms with Crippen LogP contribution in [0.2, 0.25) is 0 Å². The average Bonchev–Trinajstić information content (AvgIpc) is 2.46. The van der Waals surface area contributed by atoms with Crippen molar-refractivity contribution >= 4 is 0 Å². The lowest BCUT2D eigenvalue weighted by atomic mass is 9.92. The Hall–Kier alpha value is -1.60. The molecule has 0 saturated heterocycles. The van der Waals surface area contributed by atoms with Crippen LogP contribution in [-0.2, 0) is 6.42 Å². The molecule has 0 aliphatic carbocycles. The van der Waals surface area contributed by atoms with Gasteiger partial charge in [0.1, 0.15) is 0 Å². The van der Waals surface area contributed by atoms with E-state index >= 15 is 0 Å². The van der Waals surface area contributed by atoms with Gasteiger partial charge < -0.3 is 5.73 Å². The topological polar surface area (TPSA) is 26.0 Å². The second-order valence-corrected chi connectivity index (χ2v) is 5.22. The number of nitrogens with two attached hydrogens (primary N) is 1. The van der Waals surface area contributed by atoms with Crippen LogP contribution in [0.25, 0.3) is 0 Å². The van der Waals surface area contributed by atoms with E-state index in [0.29, 0.717) is 5.92 Å². The van der Waals surface area contributed by atoms with Crippen LogP contribution in [0, 0.1) is 6.92 Å². The number of hydrogen-bond acceptors (Lipinski definition) is 1. The Morgan fingerprint density at radius 1 is 0.947 bits per heavy atom. The zero-order chi connectivity index (χ0) is 13.5. The molecular weight excluding hydrogens is 230 g/mol. The quantitative estimate of drug-likeness (QED) is 0.825. The van der Waals surface area contributed by atoms with Crippen LogP contribution in [0.4, 0.5) is 0 Å². The SMILES string of the molecule is Cc1ccc(C(CN)CCCc2ccccc2)cc1. The van der Waals surface area contributed by atoms with Crippen LogP contribution in [-0.4, -0.2) is 6.54 Å². The first-order valence-electron chi connectivity index (χ1n) is 7.10. The fourth-order valence-corrected chi connectivity index (χ4v) is 2.46. The zero-order valence-corrected chi connectivity index (χ0v) is 11.7. The molecule has 0 fully saturated rings. The Bertz CT molecular complexity index is 473. The Morgan fingerprint density at radius 3 is 2.26 bits per heavy atom. The van der Waals surface area contributed by atoms with Gasteiger partial charge in [0.05, 0.1) is 0 Å². The molecule has 0 aromatic heterocycles. The first-order chi connectivity index (χ1) is 9.29.